The topological polar surface area (TPSA) is 161 Å². The van der Waals surface area contributed by atoms with Crippen molar-refractivity contribution in [3.05, 3.63) is 115 Å². The maximum Gasteiger partial charge on any atom is 0.305 e. The van der Waals surface area contributed by atoms with E-state index in [-0.39, 0.29) is 63.8 Å². The summed E-state index contributed by atoms with van der Waals surface area (Å²) in [6, 6.07) is 24.6. The van der Waals surface area contributed by atoms with E-state index in [0.717, 1.165) is 37.6 Å². The third-order valence-electron chi connectivity index (χ3n) is 11.0. The van der Waals surface area contributed by atoms with Crippen molar-refractivity contribution in [1.29, 1.82) is 0 Å². The molecular formula is C38H30N4O8S2. The fourth-order valence-electron chi connectivity index (χ4n) is 8.97. The second-order valence-corrected chi connectivity index (χ2v) is 15.8. The minimum Gasteiger partial charge on any atom is -0.493 e. The third kappa shape index (κ3) is 5.11. The van der Waals surface area contributed by atoms with Gasteiger partial charge < -0.3 is 19.8 Å². The Labute approximate surface area is 304 Å². The standard InChI is InChI=1S/C38H30N4O8S2/c1-49-27-15-20(7-13-26(27)50-17-28(43)39-21-8-6-18-4-2-3-5-19(18)14-21)29-30-24-16-25(33(30)51-35-34(29)52-38(46)40-35)32-31(24)36(44)41(37(32)45)22-9-11-23(12-10-22)42(47)48/h2-15,24-25,29-33H,16-17H2,1H3,(H,39,43)(H,40,46)/t24-,25-,29-,30?,31?,32?,33?/m1/s1. The smallest absolute Gasteiger partial charge is 0.305 e. The monoisotopic (exact) mass is 734 g/mol. The Morgan fingerprint density at radius 3 is 2.44 bits per heavy atom. The van der Waals surface area contributed by atoms with Gasteiger partial charge in [0, 0.05) is 33.9 Å². The second-order valence-electron chi connectivity index (χ2n) is 13.6. The van der Waals surface area contributed by atoms with Crippen molar-refractivity contribution < 1.29 is 28.8 Å². The summed E-state index contributed by atoms with van der Waals surface area (Å²) in [6.07, 6.45) is 0.712. The number of hydrogen-bond acceptors (Lipinski definition) is 10. The van der Waals surface area contributed by atoms with Crippen LogP contribution >= 0.6 is 23.1 Å². The van der Waals surface area contributed by atoms with Crippen LogP contribution in [0.15, 0.2) is 94.7 Å². The number of methoxy groups -OCH3 is 1. The molecule has 4 aromatic carbocycles. The molecule has 2 bridgehead atoms. The number of nitro benzene ring substituents is 1. The quantitative estimate of drug-likeness (QED) is 0.107. The van der Waals surface area contributed by atoms with Gasteiger partial charge in [-0.25, -0.2) is 0 Å². The van der Waals surface area contributed by atoms with Gasteiger partial charge in [0.2, 0.25) is 11.8 Å². The molecule has 5 aromatic rings. The Hall–Kier alpha value is -5.47. The molecule has 1 saturated heterocycles. The lowest BCUT2D eigenvalue weighted by atomic mass is 9.68. The average molecular weight is 735 g/mol. The van der Waals surface area contributed by atoms with Crippen LogP contribution in [0.3, 0.4) is 0 Å². The van der Waals surface area contributed by atoms with Crippen LogP contribution in [0.2, 0.25) is 0 Å². The maximum absolute atomic E-state index is 14.1. The van der Waals surface area contributed by atoms with Crippen LogP contribution in [0.4, 0.5) is 17.1 Å². The minimum absolute atomic E-state index is 0.0247. The number of thiazole rings is 1. The van der Waals surface area contributed by atoms with Crippen LogP contribution in [0.5, 0.6) is 11.5 Å². The number of H-pyrrole nitrogens is 1. The van der Waals surface area contributed by atoms with Crippen molar-refractivity contribution in [3.8, 4) is 11.5 Å². The maximum atomic E-state index is 14.1. The van der Waals surface area contributed by atoms with Gasteiger partial charge in [0.25, 0.3) is 11.6 Å². The summed E-state index contributed by atoms with van der Waals surface area (Å²) >= 11 is 2.74. The fourth-order valence-corrected chi connectivity index (χ4v) is 11.9. The summed E-state index contributed by atoms with van der Waals surface area (Å²) in [4.78, 5) is 69.2. The third-order valence-corrected chi connectivity index (χ3v) is 13.6. The molecule has 7 atom stereocenters. The highest BCUT2D eigenvalue weighted by Crippen LogP contribution is 2.68. The number of ether oxygens (including phenoxy) is 2. The predicted molar refractivity (Wildman–Crippen MR) is 195 cm³/mol. The Balaban J connectivity index is 0.984. The largest absolute Gasteiger partial charge is 0.493 e. The molecule has 3 heterocycles. The molecular weight excluding hydrogens is 705 g/mol. The molecule has 2 saturated carbocycles. The van der Waals surface area contributed by atoms with Crippen LogP contribution in [0.1, 0.15) is 22.8 Å². The van der Waals surface area contributed by atoms with E-state index in [0.29, 0.717) is 29.3 Å². The van der Waals surface area contributed by atoms with Gasteiger partial charge in [-0.05, 0) is 76.9 Å². The van der Waals surface area contributed by atoms with Crippen molar-refractivity contribution in [2.45, 2.75) is 22.6 Å². The van der Waals surface area contributed by atoms with E-state index in [4.69, 9.17) is 9.47 Å². The SMILES string of the molecule is COc1cc([C@H]2c3sc(=O)[nH]c3SC3C2[C@H]2C[C@@H]3C3C(=O)N(c4ccc([N+](=O)[O-])cc4)C(=O)C32)ccc1OCC(=O)Nc1ccc2ccccc2c1. The molecule has 2 aliphatic carbocycles. The molecule has 0 spiro atoms. The van der Waals surface area contributed by atoms with E-state index in [9.17, 15) is 29.3 Å². The lowest BCUT2D eigenvalue weighted by Gasteiger charge is -2.43. The number of carbonyl (C=O) groups excluding carboxylic acids is 3. The predicted octanol–water partition coefficient (Wildman–Crippen LogP) is 6.20. The van der Waals surface area contributed by atoms with E-state index in [1.807, 2.05) is 54.6 Å². The number of non-ortho nitro benzene ring substituents is 1. The van der Waals surface area contributed by atoms with Crippen LogP contribution in [-0.2, 0) is 14.4 Å². The summed E-state index contributed by atoms with van der Waals surface area (Å²) in [5.74, 6) is -1.62. The number of nitrogens with one attached hydrogen (secondary N) is 2. The number of amides is 3. The number of fused-ring (bicyclic) bond motifs is 10. The first-order chi connectivity index (χ1) is 25.2. The van der Waals surface area contributed by atoms with E-state index < -0.39 is 16.8 Å². The first-order valence-electron chi connectivity index (χ1n) is 16.8. The molecule has 0 radical (unpaired) electrons. The van der Waals surface area contributed by atoms with Gasteiger partial charge in [-0.2, -0.15) is 0 Å². The van der Waals surface area contributed by atoms with Gasteiger partial charge in [-0.15, -0.1) is 11.8 Å². The molecule has 4 aliphatic rings. The number of anilines is 2. The van der Waals surface area contributed by atoms with Gasteiger partial charge >= 0.3 is 4.87 Å². The number of carbonyl (C=O) groups is 3. The lowest BCUT2D eigenvalue weighted by Crippen LogP contribution is -2.42. The van der Waals surface area contributed by atoms with Gasteiger partial charge in [0.1, 0.15) is 0 Å². The zero-order valence-corrected chi connectivity index (χ0v) is 29.1. The first-order valence-corrected chi connectivity index (χ1v) is 18.5. The molecule has 14 heteroatoms. The molecule has 2 N–H and O–H groups in total. The lowest BCUT2D eigenvalue weighted by molar-refractivity contribution is -0.384. The molecule has 4 unspecified atom stereocenters. The van der Waals surface area contributed by atoms with Crippen molar-refractivity contribution in [3.63, 3.8) is 0 Å². The minimum atomic E-state index is -0.528. The van der Waals surface area contributed by atoms with E-state index >= 15 is 0 Å². The number of thioether (sulfide) groups is 1. The molecule has 2 aliphatic heterocycles. The highest BCUT2D eigenvalue weighted by molar-refractivity contribution is 8.00. The summed E-state index contributed by atoms with van der Waals surface area (Å²) in [5.41, 5.74) is 1.75. The van der Waals surface area contributed by atoms with Crippen LogP contribution in [-0.4, -0.2) is 46.6 Å². The Morgan fingerprint density at radius 2 is 1.69 bits per heavy atom. The van der Waals surface area contributed by atoms with E-state index in [1.54, 1.807) is 17.8 Å². The average Bonchev–Trinajstić information content (AvgIpc) is 3.89. The van der Waals surface area contributed by atoms with E-state index in [1.165, 1.54) is 36.3 Å². The summed E-state index contributed by atoms with van der Waals surface area (Å²) < 4.78 is 11.7. The van der Waals surface area contributed by atoms with Crippen LogP contribution in [0.25, 0.3) is 10.8 Å². The van der Waals surface area contributed by atoms with Crippen molar-refractivity contribution in [2.24, 2.45) is 29.6 Å². The number of imide groups is 1. The Morgan fingerprint density at radius 1 is 0.942 bits per heavy atom. The molecule has 1 aromatic heterocycles. The van der Waals surface area contributed by atoms with Gasteiger partial charge in [0.05, 0.1) is 34.6 Å². The van der Waals surface area contributed by atoms with Crippen molar-refractivity contribution >= 4 is 68.7 Å². The number of nitrogens with zero attached hydrogens (tertiary/aromatic N) is 2. The summed E-state index contributed by atoms with van der Waals surface area (Å²) in [5, 5.41) is 16.9. The molecule has 3 fully saturated rings. The van der Waals surface area contributed by atoms with Crippen LogP contribution in [0, 0.1) is 39.7 Å². The number of nitro groups is 1. The normalized spacial score (nSPS) is 25.5. The van der Waals surface area contributed by atoms with Gasteiger partial charge in [-0.1, -0.05) is 47.7 Å². The number of aromatic nitrogens is 1. The first kappa shape index (κ1) is 32.4. The van der Waals surface area contributed by atoms with Crippen LogP contribution < -0.4 is 24.6 Å². The molecule has 262 valence electrons. The van der Waals surface area contributed by atoms with E-state index in [2.05, 4.69) is 10.3 Å². The highest BCUT2D eigenvalue weighted by Gasteiger charge is 2.69. The molecule has 12 nitrogen and oxygen atoms in total. The number of rotatable bonds is 8. The second kappa shape index (κ2) is 12.3. The summed E-state index contributed by atoms with van der Waals surface area (Å²) in [6.45, 7) is -0.245. The number of benzene rings is 4. The van der Waals surface area contributed by atoms with Crippen molar-refractivity contribution in [2.75, 3.05) is 23.9 Å². The highest BCUT2D eigenvalue weighted by atomic mass is 32.2. The number of aromatic amines is 1. The molecule has 52 heavy (non-hydrogen) atoms. The number of hydrogen-bond donors (Lipinski definition) is 2. The van der Waals surface area contributed by atoms with Gasteiger partial charge in [-0.3, -0.25) is 34.2 Å². The Kier molecular flexibility index (Phi) is 7.70. The zero-order chi connectivity index (χ0) is 35.8. The molecule has 9 rings (SSSR count). The fraction of sp³-hybridized carbons (Fsp3) is 0.263. The van der Waals surface area contributed by atoms with Crippen molar-refractivity contribution in [1.82, 2.24) is 4.98 Å². The Bertz CT molecular complexity index is 2370. The van der Waals surface area contributed by atoms with Gasteiger partial charge in [0.15, 0.2) is 18.1 Å². The summed E-state index contributed by atoms with van der Waals surface area (Å²) in [7, 11) is 1.53. The zero-order valence-electron chi connectivity index (χ0n) is 27.5. The molecule has 3 amide bonds.